The number of hydrogen-bond acceptors (Lipinski definition) is 7. The Labute approximate surface area is 194 Å². The molecule has 0 rings (SSSR count). The second kappa shape index (κ2) is 16.7. The van der Waals surface area contributed by atoms with Crippen molar-refractivity contribution in [2.45, 2.75) is 70.5 Å². The van der Waals surface area contributed by atoms with Crippen molar-refractivity contribution < 1.29 is 24.3 Å². The fraction of sp³-hybridized carbons (Fsp3) is 0.750. The highest BCUT2D eigenvalue weighted by molar-refractivity contribution is 5.92. The van der Waals surface area contributed by atoms with Gasteiger partial charge in [0.15, 0.2) is 5.96 Å². The van der Waals surface area contributed by atoms with Gasteiger partial charge in [-0.1, -0.05) is 13.8 Å². The van der Waals surface area contributed by atoms with Crippen molar-refractivity contribution in [1.82, 2.24) is 16.0 Å². The van der Waals surface area contributed by atoms with Gasteiger partial charge in [0.25, 0.3) is 0 Å². The van der Waals surface area contributed by atoms with E-state index in [0.717, 1.165) is 0 Å². The number of nitrogens with one attached hydrogen (secondary N) is 3. The highest BCUT2D eigenvalue weighted by Gasteiger charge is 2.27. The average molecular weight is 473 g/mol. The second-order valence-electron chi connectivity index (χ2n) is 8.21. The fourth-order valence-corrected chi connectivity index (χ4v) is 2.92. The van der Waals surface area contributed by atoms with Crippen LogP contribution in [0.15, 0.2) is 4.99 Å². The third-order valence-electron chi connectivity index (χ3n) is 4.65. The molecule has 0 aromatic heterocycles. The molecular formula is C20H40N8O5. The summed E-state index contributed by atoms with van der Waals surface area (Å²) in [7, 11) is 0. The van der Waals surface area contributed by atoms with Gasteiger partial charge < -0.3 is 44.0 Å². The van der Waals surface area contributed by atoms with E-state index in [0.29, 0.717) is 38.8 Å². The predicted molar refractivity (Wildman–Crippen MR) is 125 cm³/mol. The number of hydrogen-bond donors (Lipinski definition) is 8. The summed E-state index contributed by atoms with van der Waals surface area (Å²) in [6.45, 7) is 4.06. The van der Waals surface area contributed by atoms with Gasteiger partial charge in [0, 0.05) is 6.54 Å². The minimum atomic E-state index is -1.15. The van der Waals surface area contributed by atoms with Crippen LogP contribution in [0.25, 0.3) is 0 Å². The Morgan fingerprint density at radius 2 is 1.61 bits per heavy atom. The lowest BCUT2D eigenvalue weighted by atomic mass is 10.0. The van der Waals surface area contributed by atoms with Crippen LogP contribution in [-0.4, -0.2) is 72.5 Å². The maximum absolute atomic E-state index is 12.7. The molecule has 0 aromatic carbocycles. The number of nitrogens with two attached hydrogens (primary N) is 4. The molecule has 0 saturated carbocycles. The van der Waals surface area contributed by atoms with Crippen LogP contribution in [-0.2, 0) is 19.2 Å². The molecule has 0 fully saturated rings. The summed E-state index contributed by atoms with van der Waals surface area (Å²) < 4.78 is 0. The molecule has 12 N–H and O–H groups in total. The normalized spacial score (nSPS) is 13.5. The molecule has 33 heavy (non-hydrogen) atoms. The number of guanidine groups is 1. The summed E-state index contributed by atoms with van der Waals surface area (Å²) in [6, 6.07) is -2.87. The van der Waals surface area contributed by atoms with Crippen LogP contribution >= 0.6 is 0 Å². The van der Waals surface area contributed by atoms with Gasteiger partial charge in [0.1, 0.15) is 12.1 Å². The number of aliphatic carboxylic acids is 1. The third-order valence-corrected chi connectivity index (χ3v) is 4.65. The van der Waals surface area contributed by atoms with E-state index in [1.54, 1.807) is 0 Å². The van der Waals surface area contributed by atoms with Crippen LogP contribution in [0.3, 0.4) is 0 Å². The standard InChI is InChI=1S/C20H40N8O5/c1-12(2)10-15(19(32)33)28-18(31)14(7-3-4-8-21)27-16(29)11-26-17(30)13(22)6-5-9-25-20(23)24/h12-15H,3-11,21-22H2,1-2H3,(H,26,30)(H,27,29)(H,28,31)(H,32,33)(H4,23,24,25). The van der Waals surface area contributed by atoms with Crippen molar-refractivity contribution in [3.8, 4) is 0 Å². The number of carbonyl (C=O) groups excluding carboxylic acids is 3. The molecule has 3 unspecified atom stereocenters. The van der Waals surface area contributed by atoms with E-state index in [4.69, 9.17) is 22.9 Å². The van der Waals surface area contributed by atoms with E-state index < -0.39 is 41.8 Å². The van der Waals surface area contributed by atoms with Crippen molar-refractivity contribution in [3.05, 3.63) is 0 Å². The lowest BCUT2D eigenvalue weighted by Crippen LogP contribution is -2.53. The van der Waals surface area contributed by atoms with E-state index in [1.807, 2.05) is 13.8 Å². The molecule has 0 aromatic rings. The topological polar surface area (TPSA) is 241 Å². The minimum Gasteiger partial charge on any atom is -0.480 e. The van der Waals surface area contributed by atoms with Crippen LogP contribution in [0.1, 0.15) is 52.4 Å². The lowest BCUT2D eigenvalue weighted by molar-refractivity contribution is -0.142. The SMILES string of the molecule is CC(C)CC(NC(=O)C(CCCCN)NC(=O)CNC(=O)C(N)CCCN=C(N)N)C(=O)O. The first-order chi connectivity index (χ1) is 15.5. The van der Waals surface area contributed by atoms with E-state index in [1.165, 1.54) is 0 Å². The Morgan fingerprint density at radius 1 is 0.939 bits per heavy atom. The van der Waals surface area contributed by atoms with Gasteiger partial charge in [0.05, 0.1) is 12.6 Å². The second-order valence-corrected chi connectivity index (χ2v) is 8.21. The van der Waals surface area contributed by atoms with Crippen LogP contribution in [0, 0.1) is 5.92 Å². The Bertz CT molecular complexity index is 667. The monoisotopic (exact) mass is 472 g/mol. The average Bonchev–Trinajstić information content (AvgIpc) is 2.73. The van der Waals surface area contributed by atoms with Crippen molar-refractivity contribution >= 4 is 29.7 Å². The molecule has 0 spiro atoms. The molecule has 0 heterocycles. The van der Waals surface area contributed by atoms with Gasteiger partial charge in [-0.05, 0) is 51.0 Å². The summed E-state index contributed by atoms with van der Waals surface area (Å²) in [4.78, 5) is 52.3. The number of carbonyl (C=O) groups is 4. The molecular weight excluding hydrogens is 432 g/mol. The summed E-state index contributed by atoms with van der Waals surface area (Å²) >= 11 is 0. The first-order valence-electron chi connectivity index (χ1n) is 11.1. The molecule has 13 nitrogen and oxygen atoms in total. The van der Waals surface area contributed by atoms with Gasteiger partial charge in [-0.3, -0.25) is 19.4 Å². The maximum atomic E-state index is 12.7. The van der Waals surface area contributed by atoms with Crippen LogP contribution in [0.2, 0.25) is 0 Å². The number of aliphatic imine (C=N–C) groups is 1. The van der Waals surface area contributed by atoms with Crippen molar-refractivity contribution in [2.24, 2.45) is 33.8 Å². The number of carboxylic acid groups (broad SMARTS) is 1. The largest absolute Gasteiger partial charge is 0.480 e. The third kappa shape index (κ3) is 14.7. The number of carboxylic acids is 1. The smallest absolute Gasteiger partial charge is 0.326 e. The Hall–Kier alpha value is -2.93. The Morgan fingerprint density at radius 3 is 2.15 bits per heavy atom. The molecule has 0 aliphatic carbocycles. The Balaban J connectivity index is 4.80. The summed E-state index contributed by atoms with van der Waals surface area (Å²) in [6.07, 6.45) is 2.54. The molecule has 3 amide bonds. The number of nitrogens with zero attached hydrogens (tertiary/aromatic N) is 1. The lowest BCUT2D eigenvalue weighted by Gasteiger charge is -2.22. The highest BCUT2D eigenvalue weighted by atomic mass is 16.4. The van der Waals surface area contributed by atoms with Crippen molar-refractivity contribution in [3.63, 3.8) is 0 Å². The molecule has 13 heteroatoms. The van der Waals surface area contributed by atoms with E-state index >= 15 is 0 Å². The molecule has 190 valence electrons. The fourth-order valence-electron chi connectivity index (χ4n) is 2.92. The van der Waals surface area contributed by atoms with Gasteiger partial charge in [0.2, 0.25) is 17.7 Å². The van der Waals surface area contributed by atoms with Crippen molar-refractivity contribution in [1.29, 1.82) is 0 Å². The molecule has 0 radical (unpaired) electrons. The van der Waals surface area contributed by atoms with Crippen LogP contribution in [0.5, 0.6) is 0 Å². The number of amides is 3. The van der Waals surface area contributed by atoms with E-state index in [2.05, 4.69) is 20.9 Å². The number of unbranched alkanes of at least 4 members (excludes halogenated alkanes) is 1. The van der Waals surface area contributed by atoms with Crippen molar-refractivity contribution in [2.75, 3.05) is 19.6 Å². The van der Waals surface area contributed by atoms with Gasteiger partial charge >= 0.3 is 5.97 Å². The summed E-state index contributed by atoms with van der Waals surface area (Å²) in [5, 5.41) is 16.8. The summed E-state index contributed by atoms with van der Waals surface area (Å²) in [5.41, 5.74) is 21.7. The molecule has 0 aliphatic heterocycles. The van der Waals surface area contributed by atoms with E-state index in [9.17, 15) is 24.3 Å². The zero-order valence-corrected chi connectivity index (χ0v) is 19.5. The molecule has 0 saturated heterocycles. The van der Waals surface area contributed by atoms with Gasteiger partial charge in [-0.25, -0.2) is 4.79 Å². The first-order valence-corrected chi connectivity index (χ1v) is 11.1. The highest BCUT2D eigenvalue weighted by Crippen LogP contribution is 2.07. The quantitative estimate of drug-likeness (QED) is 0.0644. The predicted octanol–water partition coefficient (Wildman–Crippen LogP) is -2.29. The summed E-state index contributed by atoms with van der Waals surface area (Å²) in [5.74, 6) is -2.87. The number of rotatable bonds is 17. The zero-order chi connectivity index (χ0) is 25.4. The maximum Gasteiger partial charge on any atom is 0.326 e. The molecule has 0 bridgehead atoms. The van der Waals surface area contributed by atoms with Crippen LogP contribution in [0.4, 0.5) is 0 Å². The molecule has 3 atom stereocenters. The molecule has 0 aliphatic rings. The van der Waals surface area contributed by atoms with E-state index in [-0.39, 0.29) is 31.3 Å². The van der Waals surface area contributed by atoms with Gasteiger partial charge in [-0.15, -0.1) is 0 Å². The first kappa shape index (κ1) is 30.1. The van der Waals surface area contributed by atoms with Gasteiger partial charge in [-0.2, -0.15) is 0 Å². The zero-order valence-electron chi connectivity index (χ0n) is 19.5. The van der Waals surface area contributed by atoms with Crippen LogP contribution < -0.4 is 38.9 Å². The Kier molecular flexibility index (Phi) is 15.2. The minimum absolute atomic E-state index is 0.0476.